The maximum absolute atomic E-state index is 12.9. The molecule has 4 aliphatic carbocycles. The first-order valence-electron chi connectivity index (χ1n) is 8.68. The number of allylic oxidation sites excluding steroid dienone is 2. The molecule has 3 fully saturated rings. The Bertz CT molecular complexity index is 860. The summed E-state index contributed by atoms with van der Waals surface area (Å²) in [6, 6.07) is 3.25. The number of carbonyl (C=O) groups is 2. The fourth-order valence-corrected chi connectivity index (χ4v) is 5.46. The van der Waals surface area contributed by atoms with Crippen molar-refractivity contribution in [2.45, 2.75) is 6.42 Å². The predicted molar refractivity (Wildman–Crippen MR) is 96.5 cm³/mol. The zero-order valence-electron chi connectivity index (χ0n) is 14.0. The Hall–Kier alpha value is -2.15. The van der Waals surface area contributed by atoms with Crippen molar-refractivity contribution in [1.29, 1.82) is 0 Å². The van der Waals surface area contributed by atoms with Crippen molar-refractivity contribution >= 4 is 34.0 Å². The van der Waals surface area contributed by atoms with E-state index in [0.29, 0.717) is 21.9 Å². The van der Waals surface area contributed by atoms with E-state index in [2.05, 4.69) is 33.2 Å². The summed E-state index contributed by atoms with van der Waals surface area (Å²) >= 11 is 3.25. The molecule has 1 N–H and O–H groups in total. The van der Waals surface area contributed by atoms with Crippen LogP contribution in [0.4, 0.5) is 0 Å². The summed E-state index contributed by atoms with van der Waals surface area (Å²) in [6.45, 7) is 0. The number of methoxy groups -OCH3 is 1. The Labute approximate surface area is 158 Å². The van der Waals surface area contributed by atoms with Crippen LogP contribution in [-0.2, 0) is 9.59 Å². The van der Waals surface area contributed by atoms with Crippen molar-refractivity contribution in [1.82, 2.24) is 5.01 Å². The molecule has 0 spiro atoms. The number of amides is 2. The molecule has 26 heavy (non-hydrogen) atoms. The Morgan fingerprint density at radius 2 is 1.81 bits per heavy atom. The number of imide groups is 1. The van der Waals surface area contributed by atoms with Gasteiger partial charge in [0, 0.05) is 0 Å². The molecule has 0 aromatic heterocycles. The lowest BCUT2D eigenvalue weighted by Gasteiger charge is -2.37. The number of benzene rings is 1. The topological polar surface area (TPSA) is 79.2 Å². The lowest BCUT2D eigenvalue weighted by molar-refractivity contribution is -0.140. The van der Waals surface area contributed by atoms with Gasteiger partial charge < -0.3 is 9.84 Å². The third-order valence-electron chi connectivity index (χ3n) is 6.23. The van der Waals surface area contributed by atoms with Gasteiger partial charge in [-0.2, -0.15) is 10.1 Å². The number of phenols is 1. The quantitative estimate of drug-likeness (QED) is 0.466. The summed E-state index contributed by atoms with van der Waals surface area (Å²) in [5.41, 5.74) is 0.617. The molecule has 2 saturated carbocycles. The summed E-state index contributed by atoms with van der Waals surface area (Å²) in [7, 11) is 1.45. The first-order valence-corrected chi connectivity index (χ1v) is 9.47. The number of carbonyl (C=O) groups excluding carboxylic acids is 2. The van der Waals surface area contributed by atoms with Crippen LogP contribution in [0.1, 0.15) is 12.0 Å². The number of phenolic OH excluding ortho intramolecular Hbond substituents is 1. The van der Waals surface area contributed by atoms with Crippen molar-refractivity contribution in [3.63, 3.8) is 0 Å². The molecule has 0 unspecified atom stereocenters. The highest BCUT2D eigenvalue weighted by Crippen LogP contribution is 2.65. The third-order valence-corrected chi connectivity index (χ3v) is 6.84. The van der Waals surface area contributed by atoms with Gasteiger partial charge >= 0.3 is 0 Å². The summed E-state index contributed by atoms with van der Waals surface area (Å²) in [4.78, 5) is 25.7. The van der Waals surface area contributed by atoms with Crippen LogP contribution in [0.3, 0.4) is 0 Å². The zero-order chi connectivity index (χ0) is 18.2. The SMILES string of the molecule is COc1cc(/C=N\N2C(=O)[C@H]3[C@@H]4C=C[C@@H]([C@H]5C[C@H]45)[C@@H]3C2=O)cc(Br)c1O. The number of ether oxygens (including phenoxy) is 1. The van der Waals surface area contributed by atoms with Crippen molar-refractivity contribution in [2.75, 3.05) is 7.11 Å². The van der Waals surface area contributed by atoms with Crippen LogP contribution in [0.5, 0.6) is 11.5 Å². The first kappa shape index (κ1) is 16.1. The molecule has 6 nitrogen and oxygen atoms in total. The van der Waals surface area contributed by atoms with Crippen LogP contribution in [0.15, 0.2) is 33.9 Å². The summed E-state index contributed by atoms with van der Waals surface area (Å²) < 4.78 is 5.57. The molecule has 2 amide bonds. The van der Waals surface area contributed by atoms with Gasteiger partial charge in [0.15, 0.2) is 11.5 Å². The summed E-state index contributed by atoms with van der Waals surface area (Å²) in [5.74, 6) is 0.926. The van der Waals surface area contributed by atoms with Gasteiger partial charge in [-0.3, -0.25) is 9.59 Å². The van der Waals surface area contributed by atoms with E-state index in [1.54, 1.807) is 12.1 Å². The minimum atomic E-state index is -0.250. The van der Waals surface area contributed by atoms with Crippen LogP contribution in [-0.4, -0.2) is 35.3 Å². The van der Waals surface area contributed by atoms with E-state index < -0.39 is 0 Å². The molecule has 1 heterocycles. The average Bonchev–Trinajstić information content (AvgIpc) is 3.41. The number of nitrogens with zero attached hydrogens (tertiary/aromatic N) is 2. The van der Waals surface area contributed by atoms with E-state index in [0.717, 1.165) is 11.4 Å². The maximum Gasteiger partial charge on any atom is 0.254 e. The normalized spacial score (nSPS) is 36.6. The van der Waals surface area contributed by atoms with Gasteiger partial charge in [-0.1, -0.05) is 12.2 Å². The second-order valence-corrected chi connectivity index (χ2v) is 8.30. The number of hydrogen-bond acceptors (Lipinski definition) is 5. The smallest absolute Gasteiger partial charge is 0.254 e. The van der Waals surface area contributed by atoms with Crippen molar-refractivity contribution < 1.29 is 19.4 Å². The van der Waals surface area contributed by atoms with Gasteiger partial charge in [0.2, 0.25) is 0 Å². The lowest BCUT2D eigenvalue weighted by atomic mass is 9.63. The Balaban J connectivity index is 1.44. The van der Waals surface area contributed by atoms with E-state index in [1.165, 1.54) is 13.3 Å². The molecule has 1 aromatic rings. The van der Waals surface area contributed by atoms with Crippen LogP contribution < -0.4 is 4.74 Å². The van der Waals surface area contributed by atoms with Crippen molar-refractivity contribution in [2.24, 2.45) is 40.6 Å². The highest BCUT2D eigenvalue weighted by Gasteiger charge is 2.67. The van der Waals surface area contributed by atoms with Gasteiger partial charge in [0.25, 0.3) is 11.8 Å². The van der Waals surface area contributed by atoms with E-state index >= 15 is 0 Å². The molecule has 7 heteroatoms. The second-order valence-electron chi connectivity index (χ2n) is 7.44. The Morgan fingerprint density at radius 3 is 2.38 bits per heavy atom. The highest BCUT2D eigenvalue weighted by atomic mass is 79.9. The predicted octanol–water partition coefficient (Wildman–Crippen LogP) is 2.55. The second kappa shape index (κ2) is 5.42. The van der Waals surface area contributed by atoms with Gasteiger partial charge in [-0.25, -0.2) is 0 Å². The molecule has 134 valence electrons. The Morgan fingerprint density at radius 1 is 1.19 bits per heavy atom. The van der Waals surface area contributed by atoms with Crippen LogP contribution >= 0.6 is 15.9 Å². The monoisotopic (exact) mass is 416 g/mol. The molecule has 1 aromatic carbocycles. The van der Waals surface area contributed by atoms with Crippen molar-refractivity contribution in [3.05, 3.63) is 34.3 Å². The molecule has 6 rings (SSSR count). The van der Waals surface area contributed by atoms with Gasteiger partial charge in [0.1, 0.15) is 0 Å². The van der Waals surface area contributed by atoms with Crippen LogP contribution in [0.2, 0.25) is 0 Å². The highest BCUT2D eigenvalue weighted by molar-refractivity contribution is 9.10. The lowest BCUT2D eigenvalue weighted by Crippen LogP contribution is -2.40. The molecule has 0 radical (unpaired) electrons. The van der Waals surface area contributed by atoms with E-state index in [1.807, 2.05) is 0 Å². The average molecular weight is 417 g/mol. The molecular weight excluding hydrogens is 400 g/mol. The number of rotatable bonds is 3. The third kappa shape index (κ3) is 2.06. The van der Waals surface area contributed by atoms with Crippen LogP contribution in [0.25, 0.3) is 0 Å². The minimum Gasteiger partial charge on any atom is -0.503 e. The standard InChI is InChI=1S/C19H17BrN2O4/c1-26-14-5-8(4-13(20)17(14)23)7-21-22-18(24)15-9-2-3-10(12-6-11(9)12)16(15)19(22)25/h2-5,7,9-12,15-16,23H,6H2,1H3/b21-7-/t9-,10+,11-,12-,15+,16+/m1/s1. The number of hydrazone groups is 1. The maximum atomic E-state index is 12.9. The van der Waals surface area contributed by atoms with Crippen molar-refractivity contribution in [3.8, 4) is 11.5 Å². The molecule has 5 aliphatic rings. The molecule has 1 aliphatic heterocycles. The van der Waals surface area contributed by atoms with E-state index in [9.17, 15) is 14.7 Å². The molecular formula is C19H17BrN2O4. The van der Waals surface area contributed by atoms with E-state index in [-0.39, 0.29) is 47.0 Å². The Kier molecular flexibility index (Phi) is 3.35. The van der Waals surface area contributed by atoms with E-state index in [4.69, 9.17) is 4.74 Å². The van der Waals surface area contributed by atoms with Gasteiger partial charge in [-0.05, 0) is 63.7 Å². The van der Waals surface area contributed by atoms with Gasteiger partial charge in [0.05, 0.1) is 29.6 Å². The van der Waals surface area contributed by atoms with Gasteiger partial charge in [-0.15, -0.1) is 0 Å². The number of halogens is 1. The molecule has 2 bridgehead atoms. The number of hydrogen-bond donors (Lipinski definition) is 1. The summed E-state index contributed by atoms with van der Waals surface area (Å²) in [6.07, 6.45) is 6.87. The summed E-state index contributed by atoms with van der Waals surface area (Å²) in [5, 5.41) is 15.1. The zero-order valence-corrected chi connectivity index (χ0v) is 15.6. The molecule has 6 atom stereocenters. The number of aromatic hydroxyl groups is 1. The molecule has 1 saturated heterocycles. The van der Waals surface area contributed by atoms with Crippen LogP contribution in [0, 0.1) is 35.5 Å². The largest absolute Gasteiger partial charge is 0.503 e. The first-order chi connectivity index (χ1) is 12.5. The fourth-order valence-electron chi connectivity index (χ4n) is 5.00. The fraction of sp³-hybridized carbons (Fsp3) is 0.421. The minimum absolute atomic E-state index is 0.00845.